The minimum atomic E-state index is -1.95. The zero-order valence-corrected chi connectivity index (χ0v) is 14.6. The van der Waals surface area contributed by atoms with Gasteiger partial charge in [-0.05, 0) is 17.7 Å². The lowest BCUT2D eigenvalue weighted by atomic mass is 9.67. The fourth-order valence-electron chi connectivity index (χ4n) is 3.59. The van der Waals surface area contributed by atoms with Crippen LogP contribution in [0.3, 0.4) is 0 Å². The number of carbonyl (C=O) groups is 2. The fourth-order valence-corrected chi connectivity index (χ4v) is 3.59. The fraction of sp³-hybridized carbons (Fsp3) is 0.250. The predicted octanol–water partition coefficient (Wildman–Crippen LogP) is 0.995. The first-order chi connectivity index (χ1) is 12.9. The maximum atomic E-state index is 12.7. The molecule has 0 saturated carbocycles. The minimum absolute atomic E-state index is 0.353. The number of primary amides is 1. The number of piperidine rings is 1. The van der Waals surface area contributed by atoms with Crippen LogP contribution in [0.2, 0.25) is 0 Å². The molecule has 0 spiro atoms. The summed E-state index contributed by atoms with van der Waals surface area (Å²) in [6, 6.07) is 17.1. The van der Waals surface area contributed by atoms with Crippen LogP contribution in [0, 0.1) is 23.2 Å². The number of amides is 2. The number of nitriles is 1. The van der Waals surface area contributed by atoms with E-state index in [2.05, 4.69) is 11.4 Å². The molecule has 2 aromatic rings. The lowest BCUT2D eigenvalue weighted by Crippen LogP contribution is -2.62. The topological polar surface area (TPSA) is 125 Å². The van der Waals surface area contributed by atoms with E-state index < -0.39 is 35.3 Å². The van der Waals surface area contributed by atoms with Crippen LogP contribution in [0.25, 0.3) is 0 Å². The van der Waals surface area contributed by atoms with Gasteiger partial charge in [-0.25, -0.2) is 0 Å². The van der Waals surface area contributed by atoms with Gasteiger partial charge >= 0.3 is 0 Å². The molecule has 0 unspecified atom stereocenters. The van der Waals surface area contributed by atoms with Crippen molar-refractivity contribution in [1.29, 1.82) is 5.26 Å². The van der Waals surface area contributed by atoms with Gasteiger partial charge in [0.05, 0.1) is 13.2 Å². The summed E-state index contributed by atoms with van der Waals surface area (Å²) in [4.78, 5) is 24.7. The van der Waals surface area contributed by atoms with Crippen LogP contribution in [0.1, 0.15) is 17.0 Å². The van der Waals surface area contributed by atoms with Gasteiger partial charge in [0, 0.05) is 11.5 Å². The number of nitrogens with one attached hydrogen (secondary N) is 1. The first kappa shape index (κ1) is 18.4. The van der Waals surface area contributed by atoms with Crippen molar-refractivity contribution in [2.75, 3.05) is 7.11 Å². The van der Waals surface area contributed by atoms with Crippen molar-refractivity contribution < 1.29 is 19.4 Å². The molecule has 1 aliphatic heterocycles. The lowest BCUT2D eigenvalue weighted by Gasteiger charge is -2.44. The Morgan fingerprint density at radius 3 is 2.37 bits per heavy atom. The van der Waals surface area contributed by atoms with Gasteiger partial charge in [0.1, 0.15) is 17.6 Å². The molecule has 2 aromatic carbocycles. The molecule has 7 nitrogen and oxygen atoms in total. The van der Waals surface area contributed by atoms with Crippen LogP contribution in [-0.2, 0) is 15.3 Å². The maximum Gasteiger partial charge on any atom is 0.235 e. The number of hydrogen-bond donors (Lipinski definition) is 3. The van der Waals surface area contributed by atoms with Crippen molar-refractivity contribution in [2.24, 2.45) is 17.6 Å². The third kappa shape index (κ3) is 3.11. The number of ether oxygens (including phenoxy) is 1. The second kappa shape index (κ2) is 7.09. The average molecular weight is 365 g/mol. The van der Waals surface area contributed by atoms with Crippen LogP contribution in [-0.4, -0.2) is 24.0 Å². The first-order valence-electron chi connectivity index (χ1n) is 8.35. The molecule has 4 N–H and O–H groups in total. The number of benzene rings is 2. The lowest BCUT2D eigenvalue weighted by molar-refractivity contribution is -0.153. The van der Waals surface area contributed by atoms with Crippen LogP contribution < -0.4 is 15.8 Å². The Morgan fingerprint density at radius 1 is 1.22 bits per heavy atom. The van der Waals surface area contributed by atoms with Gasteiger partial charge < -0.3 is 20.9 Å². The van der Waals surface area contributed by atoms with E-state index in [0.29, 0.717) is 16.9 Å². The summed E-state index contributed by atoms with van der Waals surface area (Å²) in [5.74, 6) is -4.33. The van der Waals surface area contributed by atoms with E-state index in [-0.39, 0.29) is 0 Å². The predicted molar refractivity (Wildman–Crippen MR) is 96.0 cm³/mol. The van der Waals surface area contributed by atoms with E-state index in [1.165, 1.54) is 7.11 Å². The largest absolute Gasteiger partial charge is 0.497 e. The summed E-state index contributed by atoms with van der Waals surface area (Å²) in [6.07, 6.45) is 0. The zero-order valence-electron chi connectivity index (χ0n) is 14.6. The van der Waals surface area contributed by atoms with Crippen LogP contribution in [0.15, 0.2) is 54.6 Å². The summed E-state index contributed by atoms with van der Waals surface area (Å²) >= 11 is 0. The second-order valence-corrected chi connectivity index (χ2v) is 6.41. The maximum absolute atomic E-state index is 12.7. The van der Waals surface area contributed by atoms with E-state index in [1.54, 1.807) is 54.6 Å². The van der Waals surface area contributed by atoms with Crippen molar-refractivity contribution in [3.8, 4) is 11.8 Å². The number of aliphatic hydroxyl groups is 1. The standard InChI is InChI=1S/C20H19N3O4/c1-27-14-9-7-12(8-10-14)16-15(11-21)20(26,13-5-3-2-4-6-13)23-19(25)17(16)18(22)24/h2-10,15-17,26H,1H3,(H2,22,24)(H,23,25)/t15-,16-,17+,20+/m1/s1. The highest BCUT2D eigenvalue weighted by Gasteiger charge is 2.55. The highest BCUT2D eigenvalue weighted by molar-refractivity contribution is 6.01. The summed E-state index contributed by atoms with van der Waals surface area (Å²) in [6.45, 7) is 0. The molecule has 0 aromatic heterocycles. The molecule has 2 amide bonds. The van der Waals surface area contributed by atoms with Crippen LogP contribution in [0.5, 0.6) is 5.75 Å². The third-order valence-electron chi connectivity index (χ3n) is 4.92. The van der Waals surface area contributed by atoms with Gasteiger partial charge in [0.2, 0.25) is 11.8 Å². The number of nitrogens with two attached hydrogens (primary N) is 1. The number of carbonyl (C=O) groups excluding carboxylic acids is 2. The van der Waals surface area contributed by atoms with Gasteiger partial charge in [-0.2, -0.15) is 5.26 Å². The Labute approximate surface area is 156 Å². The monoisotopic (exact) mass is 365 g/mol. The summed E-state index contributed by atoms with van der Waals surface area (Å²) in [7, 11) is 1.52. The number of rotatable bonds is 4. The average Bonchev–Trinajstić information content (AvgIpc) is 2.68. The van der Waals surface area contributed by atoms with Gasteiger partial charge in [-0.3, -0.25) is 9.59 Å². The van der Waals surface area contributed by atoms with Crippen molar-refractivity contribution in [2.45, 2.75) is 11.6 Å². The normalized spacial score (nSPS) is 27.3. The molecule has 0 aliphatic carbocycles. The second-order valence-electron chi connectivity index (χ2n) is 6.41. The Bertz CT molecular complexity index is 892. The van der Waals surface area contributed by atoms with E-state index in [0.717, 1.165) is 0 Å². The molecular formula is C20H19N3O4. The van der Waals surface area contributed by atoms with Crippen molar-refractivity contribution >= 4 is 11.8 Å². The molecule has 0 bridgehead atoms. The molecule has 0 radical (unpaired) electrons. The molecular weight excluding hydrogens is 346 g/mol. The van der Waals surface area contributed by atoms with E-state index in [9.17, 15) is 20.0 Å². The van der Waals surface area contributed by atoms with E-state index >= 15 is 0 Å². The summed E-state index contributed by atoms with van der Waals surface area (Å²) < 4.78 is 5.13. The minimum Gasteiger partial charge on any atom is -0.497 e. The molecule has 3 rings (SSSR count). The summed E-state index contributed by atoms with van der Waals surface area (Å²) in [5, 5.41) is 23.6. The number of methoxy groups -OCH3 is 1. The van der Waals surface area contributed by atoms with Gasteiger partial charge in [-0.1, -0.05) is 42.5 Å². The highest BCUT2D eigenvalue weighted by atomic mass is 16.5. The molecule has 1 aliphatic rings. The Hall–Kier alpha value is -3.37. The van der Waals surface area contributed by atoms with E-state index in [4.69, 9.17) is 10.5 Å². The van der Waals surface area contributed by atoms with Crippen molar-refractivity contribution in [3.63, 3.8) is 0 Å². The van der Waals surface area contributed by atoms with Gasteiger partial charge in [-0.15, -0.1) is 0 Å². The Kier molecular flexibility index (Phi) is 4.84. The first-order valence-corrected chi connectivity index (χ1v) is 8.35. The van der Waals surface area contributed by atoms with Crippen LogP contribution >= 0.6 is 0 Å². The van der Waals surface area contributed by atoms with Crippen molar-refractivity contribution in [3.05, 3.63) is 65.7 Å². The van der Waals surface area contributed by atoms with Crippen LogP contribution in [0.4, 0.5) is 0 Å². The molecule has 1 saturated heterocycles. The zero-order chi connectivity index (χ0) is 19.6. The quantitative estimate of drug-likeness (QED) is 0.697. The molecule has 1 fully saturated rings. The smallest absolute Gasteiger partial charge is 0.235 e. The molecule has 7 heteroatoms. The molecule has 27 heavy (non-hydrogen) atoms. The van der Waals surface area contributed by atoms with Gasteiger partial charge in [0.25, 0.3) is 0 Å². The number of nitrogens with zero attached hydrogens (tertiary/aromatic N) is 1. The SMILES string of the molecule is COc1ccc([C@H]2[C@@H](C(N)=O)C(=O)N[C@](O)(c3ccccc3)[C@@H]2C#N)cc1. The molecule has 1 heterocycles. The number of hydrogen-bond acceptors (Lipinski definition) is 5. The van der Waals surface area contributed by atoms with Gasteiger partial charge in [0.15, 0.2) is 5.72 Å². The summed E-state index contributed by atoms with van der Waals surface area (Å²) in [5.41, 5.74) is 4.41. The Balaban J connectivity index is 2.16. The molecule has 4 atom stereocenters. The highest BCUT2D eigenvalue weighted by Crippen LogP contribution is 2.45. The van der Waals surface area contributed by atoms with E-state index in [1.807, 2.05) is 0 Å². The van der Waals surface area contributed by atoms with Crippen molar-refractivity contribution in [1.82, 2.24) is 5.32 Å². The molecule has 138 valence electrons. The Morgan fingerprint density at radius 2 is 1.85 bits per heavy atom. The third-order valence-corrected chi connectivity index (χ3v) is 4.92.